The second kappa shape index (κ2) is 6.07. The zero-order valence-corrected chi connectivity index (χ0v) is 12.0. The lowest BCUT2D eigenvalue weighted by atomic mass is 10.1. The first-order chi connectivity index (χ1) is 11.2. The van der Waals surface area contributed by atoms with Crippen LogP contribution in [0.4, 0.5) is 5.69 Å². The molecule has 0 spiro atoms. The third kappa shape index (κ3) is 2.91. The molecule has 0 atom stereocenters. The van der Waals surface area contributed by atoms with Crippen LogP contribution in [-0.4, -0.2) is 19.9 Å². The number of nitrogens with zero attached hydrogens (tertiary/aromatic N) is 5. The number of nitro groups is 1. The molecule has 2 aromatic carbocycles. The quantitative estimate of drug-likeness (QED) is 0.545. The molecule has 0 aliphatic heterocycles. The molecule has 7 heteroatoms. The Morgan fingerprint density at radius 2 is 1.83 bits per heavy atom. The fourth-order valence-corrected chi connectivity index (χ4v) is 2.28. The van der Waals surface area contributed by atoms with Crippen LogP contribution in [0, 0.1) is 21.4 Å². The summed E-state index contributed by atoms with van der Waals surface area (Å²) in [7, 11) is 0. The minimum absolute atomic E-state index is 0.0355. The van der Waals surface area contributed by atoms with E-state index in [1.807, 2.05) is 36.4 Å². The molecule has 0 amide bonds. The SMILES string of the molecule is N#Cc1nnn(Cc2ccc([N+](=O)[O-])cc2)c1-c1ccccc1. The highest BCUT2D eigenvalue weighted by atomic mass is 16.6. The Kier molecular flexibility index (Phi) is 3.80. The highest BCUT2D eigenvalue weighted by Crippen LogP contribution is 2.22. The molecule has 0 aliphatic rings. The van der Waals surface area contributed by atoms with Crippen LogP contribution in [0.15, 0.2) is 54.6 Å². The molecular formula is C16H11N5O2. The zero-order chi connectivity index (χ0) is 16.2. The van der Waals surface area contributed by atoms with Crippen molar-refractivity contribution in [3.8, 4) is 17.3 Å². The summed E-state index contributed by atoms with van der Waals surface area (Å²) in [5, 5.41) is 27.8. The summed E-state index contributed by atoms with van der Waals surface area (Å²) < 4.78 is 1.62. The molecule has 0 bridgehead atoms. The molecule has 3 rings (SSSR count). The van der Waals surface area contributed by atoms with Gasteiger partial charge >= 0.3 is 0 Å². The monoisotopic (exact) mass is 305 g/mol. The van der Waals surface area contributed by atoms with Gasteiger partial charge in [0.05, 0.1) is 11.5 Å². The van der Waals surface area contributed by atoms with Gasteiger partial charge in [-0.05, 0) is 5.56 Å². The third-order valence-corrected chi connectivity index (χ3v) is 3.37. The van der Waals surface area contributed by atoms with Crippen LogP contribution >= 0.6 is 0 Å². The van der Waals surface area contributed by atoms with Crippen LogP contribution < -0.4 is 0 Å². The number of hydrogen-bond acceptors (Lipinski definition) is 5. The van der Waals surface area contributed by atoms with Gasteiger partial charge in [-0.2, -0.15) is 5.26 Å². The Morgan fingerprint density at radius 3 is 2.43 bits per heavy atom. The summed E-state index contributed by atoms with van der Waals surface area (Å²) in [5.41, 5.74) is 2.59. The van der Waals surface area contributed by atoms with Crippen molar-refractivity contribution >= 4 is 5.69 Å². The normalized spacial score (nSPS) is 10.2. The molecule has 0 N–H and O–H groups in total. The van der Waals surface area contributed by atoms with Gasteiger partial charge in [0.15, 0.2) is 5.69 Å². The molecule has 0 unspecified atom stereocenters. The second-order valence-electron chi connectivity index (χ2n) is 4.85. The number of non-ortho nitro benzene ring substituents is 1. The van der Waals surface area contributed by atoms with E-state index >= 15 is 0 Å². The number of nitriles is 1. The maximum Gasteiger partial charge on any atom is 0.269 e. The van der Waals surface area contributed by atoms with E-state index in [4.69, 9.17) is 0 Å². The summed E-state index contributed by atoms with van der Waals surface area (Å²) in [6.45, 7) is 0.372. The Morgan fingerprint density at radius 1 is 1.13 bits per heavy atom. The summed E-state index contributed by atoms with van der Waals surface area (Å²) in [5.74, 6) is 0. The molecule has 3 aromatic rings. The lowest BCUT2D eigenvalue weighted by molar-refractivity contribution is -0.384. The van der Waals surface area contributed by atoms with Crippen LogP contribution in [0.5, 0.6) is 0 Å². The van der Waals surface area contributed by atoms with E-state index < -0.39 is 4.92 Å². The molecule has 0 saturated carbocycles. The van der Waals surface area contributed by atoms with Crippen molar-refractivity contribution in [2.24, 2.45) is 0 Å². The minimum atomic E-state index is -0.442. The van der Waals surface area contributed by atoms with E-state index in [1.165, 1.54) is 12.1 Å². The first kappa shape index (κ1) is 14.4. The van der Waals surface area contributed by atoms with Gasteiger partial charge in [0.2, 0.25) is 0 Å². The smallest absolute Gasteiger partial charge is 0.258 e. The van der Waals surface area contributed by atoms with Crippen LogP contribution in [0.2, 0.25) is 0 Å². The fourth-order valence-electron chi connectivity index (χ4n) is 2.28. The molecule has 1 aromatic heterocycles. The van der Waals surface area contributed by atoms with Crippen molar-refractivity contribution in [1.82, 2.24) is 15.0 Å². The van der Waals surface area contributed by atoms with E-state index in [1.54, 1.807) is 16.8 Å². The molecule has 0 saturated heterocycles. The highest BCUT2D eigenvalue weighted by molar-refractivity contribution is 5.64. The minimum Gasteiger partial charge on any atom is -0.258 e. The van der Waals surface area contributed by atoms with Gasteiger partial charge in [-0.25, -0.2) is 4.68 Å². The van der Waals surface area contributed by atoms with Crippen LogP contribution in [0.1, 0.15) is 11.3 Å². The molecule has 23 heavy (non-hydrogen) atoms. The average Bonchev–Trinajstić information content (AvgIpc) is 2.99. The molecule has 0 radical (unpaired) electrons. The average molecular weight is 305 g/mol. The Bertz CT molecular complexity index is 879. The van der Waals surface area contributed by atoms with Crippen molar-refractivity contribution < 1.29 is 4.92 Å². The zero-order valence-electron chi connectivity index (χ0n) is 12.0. The molecule has 1 heterocycles. The number of aromatic nitrogens is 3. The molecule has 7 nitrogen and oxygen atoms in total. The van der Waals surface area contributed by atoms with Crippen molar-refractivity contribution in [1.29, 1.82) is 5.26 Å². The van der Waals surface area contributed by atoms with Gasteiger partial charge in [-0.3, -0.25) is 10.1 Å². The largest absolute Gasteiger partial charge is 0.269 e. The van der Waals surface area contributed by atoms with Crippen molar-refractivity contribution in [3.63, 3.8) is 0 Å². The van der Waals surface area contributed by atoms with E-state index in [0.29, 0.717) is 12.2 Å². The second-order valence-corrected chi connectivity index (χ2v) is 4.85. The van der Waals surface area contributed by atoms with Crippen LogP contribution in [0.25, 0.3) is 11.3 Å². The Labute approximate surface area is 131 Å². The predicted molar refractivity (Wildman–Crippen MR) is 82.4 cm³/mol. The molecule has 112 valence electrons. The Hall–Kier alpha value is -3.53. The molecule has 0 fully saturated rings. The first-order valence-electron chi connectivity index (χ1n) is 6.81. The topological polar surface area (TPSA) is 97.6 Å². The number of rotatable bonds is 4. The standard InChI is InChI=1S/C16H11N5O2/c17-10-15-16(13-4-2-1-3-5-13)20(19-18-15)11-12-6-8-14(9-7-12)21(22)23/h1-9H,11H2. The highest BCUT2D eigenvalue weighted by Gasteiger charge is 2.15. The van der Waals surface area contributed by atoms with Gasteiger partial charge in [-0.1, -0.05) is 47.7 Å². The van der Waals surface area contributed by atoms with Gasteiger partial charge in [-0.15, -0.1) is 5.10 Å². The van der Waals surface area contributed by atoms with Gasteiger partial charge < -0.3 is 0 Å². The lowest BCUT2D eigenvalue weighted by Crippen LogP contribution is -2.04. The summed E-state index contributed by atoms with van der Waals surface area (Å²) in [4.78, 5) is 10.3. The van der Waals surface area contributed by atoms with E-state index in [2.05, 4.69) is 10.3 Å². The van der Waals surface area contributed by atoms with Gasteiger partial charge in [0.25, 0.3) is 5.69 Å². The van der Waals surface area contributed by atoms with E-state index in [0.717, 1.165) is 11.1 Å². The molecular weight excluding hydrogens is 294 g/mol. The first-order valence-corrected chi connectivity index (χ1v) is 6.81. The number of hydrogen-bond donors (Lipinski definition) is 0. The third-order valence-electron chi connectivity index (χ3n) is 3.37. The maximum absolute atomic E-state index is 10.7. The van der Waals surface area contributed by atoms with E-state index in [9.17, 15) is 15.4 Å². The van der Waals surface area contributed by atoms with Crippen molar-refractivity contribution in [3.05, 3.63) is 76.0 Å². The number of nitro benzene ring substituents is 1. The van der Waals surface area contributed by atoms with Gasteiger partial charge in [0, 0.05) is 17.7 Å². The lowest BCUT2D eigenvalue weighted by Gasteiger charge is -2.07. The maximum atomic E-state index is 10.7. The predicted octanol–water partition coefficient (Wildman–Crippen LogP) is 2.77. The van der Waals surface area contributed by atoms with Gasteiger partial charge in [0.1, 0.15) is 11.8 Å². The van der Waals surface area contributed by atoms with Crippen molar-refractivity contribution in [2.45, 2.75) is 6.54 Å². The Balaban J connectivity index is 1.96. The fraction of sp³-hybridized carbons (Fsp3) is 0.0625. The summed E-state index contributed by atoms with van der Waals surface area (Å²) in [6.07, 6.45) is 0. The summed E-state index contributed by atoms with van der Waals surface area (Å²) >= 11 is 0. The summed E-state index contributed by atoms with van der Waals surface area (Å²) in [6, 6.07) is 17.7. The van der Waals surface area contributed by atoms with Crippen LogP contribution in [0.3, 0.4) is 0 Å². The number of benzene rings is 2. The van der Waals surface area contributed by atoms with Crippen molar-refractivity contribution in [2.75, 3.05) is 0 Å². The molecule has 0 aliphatic carbocycles. The van der Waals surface area contributed by atoms with E-state index in [-0.39, 0.29) is 11.4 Å². The van der Waals surface area contributed by atoms with Crippen LogP contribution in [-0.2, 0) is 6.54 Å².